The Morgan fingerprint density at radius 3 is 2.80 bits per heavy atom. The van der Waals surface area contributed by atoms with E-state index >= 15 is 0 Å². The summed E-state index contributed by atoms with van der Waals surface area (Å²) >= 11 is 1.55. The van der Waals surface area contributed by atoms with Crippen LogP contribution in [0.3, 0.4) is 0 Å². The van der Waals surface area contributed by atoms with Crippen LogP contribution >= 0.6 is 11.8 Å². The van der Waals surface area contributed by atoms with Gasteiger partial charge < -0.3 is 14.5 Å². The smallest absolute Gasteiger partial charge is 0.342 e. The first-order chi connectivity index (χ1) is 12.1. The van der Waals surface area contributed by atoms with Crippen LogP contribution in [0.5, 0.6) is 5.75 Å². The highest BCUT2D eigenvalue weighted by molar-refractivity contribution is 7.98. The van der Waals surface area contributed by atoms with Gasteiger partial charge in [0.05, 0.1) is 18.0 Å². The fourth-order valence-electron chi connectivity index (χ4n) is 2.38. The molecule has 3 rings (SSSR count). The molecular formula is C18H16N2O4S. The van der Waals surface area contributed by atoms with Crippen LogP contribution in [0.25, 0.3) is 10.9 Å². The quantitative estimate of drug-likeness (QED) is 0.559. The molecule has 3 aromatic rings. The number of para-hydroxylation sites is 1. The van der Waals surface area contributed by atoms with Gasteiger partial charge in [-0.15, -0.1) is 11.8 Å². The molecule has 6 nitrogen and oxygen atoms in total. The van der Waals surface area contributed by atoms with Gasteiger partial charge in [-0.05, 0) is 36.6 Å². The number of ether oxygens (including phenoxy) is 2. The summed E-state index contributed by atoms with van der Waals surface area (Å²) in [4.78, 5) is 32.3. The molecule has 1 heterocycles. The van der Waals surface area contributed by atoms with Gasteiger partial charge in [0, 0.05) is 4.90 Å². The number of nitrogens with zero attached hydrogens (tertiary/aromatic N) is 1. The molecule has 7 heteroatoms. The topological polar surface area (TPSA) is 81.3 Å². The predicted octanol–water partition coefficient (Wildman–Crippen LogP) is 3.01. The van der Waals surface area contributed by atoms with Crippen molar-refractivity contribution in [2.45, 2.75) is 11.5 Å². The molecule has 0 fully saturated rings. The summed E-state index contributed by atoms with van der Waals surface area (Å²) in [5.41, 5.74) is 0.612. The van der Waals surface area contributed by atoms with Crippen LogP contribution in [-0.4, -0.2) is 29.3 Å². The number of fused-ring (bicyclic) bond motifs is 1. The van der Waals surface area contributed by atoms with E-state index in [-0.39, 0.29) is 18.0 Å². The number of benzene rings is 2. The molecule has 0 unspecified atom stereocenters. The largest absolute Gasteiger partial charge is 0.496 e. The van der Waals surface area contributed by atoms with Gasteiger partial charge in [0.2, 0.25) is 0 Å². The van der Waals surface area contributed by atoms with E-state index in [9.17, 15) is 9.59 Å². The van der Waals surface area contributed by atoms with Crippen molar-refractivity contribution in [3.8, 4) is 5.75 Å². The molecule has 25 heavy (non-hydrogen) atoms. The lowest BCUT2D eigenvalue weighted by Crippen LogP contribution is -2.14. The zero-order valence-corrected chi connectivity index (χ0v) is 14.6. The Morgan fingerprint density at radius 1 is 1.24 bits per heavy atom. The molecular weight excluding hydrogens is 340 g/mol. The Labute approximate surface area is 148 Å². The van der Waals surface area contributed by atoms with Crippen LogP contribution < -0.4 is 10.3 Å². The van der Waals surface area contributed by atoms with Crippen LogP contribution in [0.1, 0.15) is 16.2 Å². The molecule has 0 aliphatic carbocycles. The van der Waals surface area contributed by atoms with Gasteiger partial charge in [0.15, 0.2) is 0 Å². The van der Waals surface area contributed by atoms with Crippen LogP contribution in [0, 0.1) is 0 Å². The maximum atomic E-state index is 12.3. The molecule has 0 radical (unpaired) electrons. The number of aromatic nitrogens is 2. The van der Waals surface area contributed by atoms with Crippen molar-refractivity contribution in [1.82, 2.24) is 9.97 Å². The Morgan fingerprint density at radius 2 is 2.04 bits per heavy atom. The van der Waals surface area contributed by atoms with Gasteiger partial charge >= 0.3 is 5.97 Å². The van der Waals surface area contributed by atoms with Gasteiger partial charge in [-0.2, -0.15) is 0 Å². The number of rotatable bonds is 5. The van der Waals surface area contributed by atoms with Crippen molar-refractivity contribution in [3.63, 3.8) is 0 Å². The average Bonchev–Trinajstić information content (AvgIpc) is 2.65. The number of hydrogen-bond donors (Lipinski definition) is 1. The summed E-state index contributed by atoms with van der Waals surface area (Å²) in [5, 5.41) is 0.493. The first-order valence-electron chi connectivity index (χ1n) is 7.49. The summed E-state index contributed by atoms with van der Waals surface area (Å²) in [6.45, 7) is -0.133. The fourth-order valence-corrected chi connectivity index (χ4v) is 2.81. The molecule has 0 amide bonds. The standard InChI is InChI=1S/C18H16N2O4S/c1-23-15-9-11(25-2)7-8-13(15)18(22)24-10-16-19-14-6-4-3-5-12(14)17(21)20-16/h3-9H,10H2,1-2H3,(H,19,20,21). The van der Waals surface area contributed by atoms with Crippen LogP contribution in [0.2, 0.25) is 0 Å². The SMILES string of the molecule is COc1cc(SC)ccc1C(=O)OCc1nc2ccccc2c(=O)[nH]1. The molecule has 0 aliphatic heterocycles. The van der Waals surface area contributed by atoms with Gasteiger partial charge in [-0.25, -0.2) is 9.78 Å². The van der Waals surface area contributed by atoms with E-state index in [2.05, 4.69) is 9.97 Å². The van der Waals surface area contributed by atoms with Crippen LogP contribution in [-0.2, 0) is 11.3 Å². The highest BCUT2D eigenvalue weighted by Crippen LogP contribution is 2.26. The van der Waals surface area contributed by atoms with Gasteiger partial charge in [0.25, 0.3) is 5.56 Å². The number of methoxy groups -OCH3 is 1. The van der Waals surface area contributed by atoms with E-state index in [1.807, 2.05) is 12.3 Å². The molecule has 0 atom stereocenters. The number of carbonyl (C=O) groups excluding carboxylic acids is 1. The Hall–Kier alpha value is -2.80. The van der Waals surface area contributed by atoms with Crippen molar-refractivity contribution in [1.29, 1.82) is 0 Å². The normalized spacial score (nSPS) is 10.6. The number of aromatic amines is 1. The number of esters is 1. The number of thioether (sulfide) groups is 1. The molecule has 0 saturated carbocycles. The lowest BCUT2D eigenvalue weighted by Gasteiger charge is -2.10. The third kappa shape index (κ3) is 3.66. The van der Waals surface area contributed by atoms with E-state index in [1.54, 1.807) is 48.2 Å². The summed E-state index contributed by atoms with van der Waals surface area (Å²) < 4.78 is 10.5. The van der Waals surface area contributed by atoms with Gasteiger partial charge in [-0.3, -0.25) is 4.79 Å². The van der Waals surface area contributed by atoms with Crippen molar-refractivity contribution < 1.29 is 14.3 Å². The van der Waals surface area contributed by atoms with E-state index in [0.29, 0.717) is 22.2 Å². The van der Waals surface area contributed by atoms with Crippen molar-refractivity contribution in [2.24, 2.45) is 0 Å². The summed E-state index contributed by atoms with van der Waals surface area (Å²) in [5.74, 6) is 0.189. The van der Waals surface area contributed by atoms with E-state index in [4.69, 9.17) is 9.47 Å². The number of nitrogens with one attached hydrogen (secondary N) is 1. The summed E-state index contributed by atoms with van der Waals surface area (Å²) in [7, 11) is 1.50. The summed E-state index contributed by atoms with van der Waals surface area (Å²) in [6.07, 6.45) is 1.94. The van der Waals surface area contributed by atoms with E-state index in [0.717, 1.165) is 4.90 Å². The zero-order chi connectivity index (χ0) is 17.8. The average molecular weight is 356 g/mol. The molecule has 128 valence electrons. The Kier molecular flexibility index (Phi) is 5.04. The first-order valence-corrected chi connectivity index (χ1v) is 8.72. The minimum Gasteiger partial charge on any atom is -0.496 e. The van der Waals surface area contributed by atoms with Crippen LogP contribution in [0.15, 0.2) is 52.2 Å². The summed E-state index contributed by atoms with van der Waals surface area (Å²) in [6, 6.07) is 12.2. The molecule has 0 bridgehead atoms. The number of H-pyrrole nitrogens is 1. The van der Waals surface area contributed by atoms with Crippen molar-refractivity contribution >= 4 is 28.6 Å². The Bertz CT molecular complexity index is 984. The maximum Gasteiger partial charge on any atom is 0.342 e. The third-order valence-electron chi connectivity index (χ3n) is 3.63. The van der Waals surface area contributed by atoms with Crippen molar-refractivity contribution in [2.75, 3.05) is 13.4 Å². The van der Waals surface area contributed by atoms with Crippen LogP contribution in [0.4, 0.5) is 0 Å². The molecule has 2 aromatic carbocycles. The highest BCUT2D eigenvalue weighted by Gasteiger charge is 2.15. The molecule has 0 saturated heterocycles. The fraction of sp³-hybridized carbons (Fsp3) is 0.167. The maximum absolute atomic E-state index is 12.3. The molecule has 0 aliphatic rings. The minimum atomic E-state index is -0.541. The third-order valence-corrected chi connectivity index (χ3v) is 4.36. The second-order valence-electron chi connectivity index (χ2n) is 5.17. The molecule has 1 N–H and O–H groups in total. The molecule has 0 spiro atoms. The van der Waals surface area contributed by atoms with Gasteiger partial charge in [-0.1, -0.05) is 12.1 Å². The minimum absolute atomic E-state index is 0.133. The highest BCUT2D eigenvalue weighted by atomic mass is 32.2. The van der Waals surface area contributed by atoms with Crippen molar-refractivity contribution in [3.05, 3.63) is 64.2 Å². The second kappa shape index (κ2) is 7.40. The first kappa shape index (κ1) is 17.0. The number of hydrogen-bond acceptors (Lipinski definition) is 6. The second-order valence-corrected chi connectivity index (χ2v) is 6.05. The Balaban J connectivity index is 1.80. The molecule has 1 aromatic heterocycles. The zero-order valence-electron chi connectivity index (χ0n) is 13.7. The lowest BCUT2D eigenvalue weighted by molar-refractivity contribution is 0.0458. The van der Waals surface area contributed by atoms with E-state index < -0.39 is 5.97 Å². The monoisotopic (exact) mass is 356 g/mol. The lowest BCUT2D eigenvalue weighted by atomic mass is 10.2. The predicted molar refractivity (Wildman–Crippen MR) is 96.3 cm³/mol. The number of carbonyl (C=O) groups is 1. The van der Waals surface area contributed by atoms with E-state index in [1.165, 1.54) is 7.11 Å². The van der Waals surface area contributed by atoms with Gasteiger partial charge in [0.1, 0.15) is 23.7 Å².